The Balaban J connectivity index is 3.09. The zero-order valence-electron chi connectivity index (χ0n) is 11.5. The second-order valence-electron chi connectivity index (χ2n) is 4.62. The zero-order valence-corrected chi connectivity index (χ0v) is 12.3. The second-order valence-corrected chi connectivity index (χ2v) is 6.51. The average molecular weight is 301 g/mol. The van der Waals surface area contributed by atoms with Crippen LogP contribution in [-0.4, -0.2) is 48.1 Å². The molecule has 0 aliphatic carbocycles. The molecule has 112 valence electrons. The molecule has 1 aromatic rings. The third kappa shape index (κ3) is 3.78. The van der Waals surface area contributed by atoms with Gasteiger partial charge in [-0.1, -0.05) is 0 Å². The summed E-state index contributed by atoms with van der Waals surface area (Å²) in [5.74, 6) is -1.10. The molecule has 0 aromatic heterocycles. The van der Waals surface area contributed by atoms with Gasteiger partial charge in [0.05, 0.1) is 10.5 Å². The summed E-state index contributed by atoms with van der Waals surface area (Å²) in [6.45, 7) is 3.63. The van der Waals surface area contributed by atoms with Crippen LogP contribution < -0.4 is 0 Å². The molecule has 0 radical (unpaired) electrons. The number of aromatic carboxylic acids is 1. The molecule has 20 heavy (non-hydrogen) atoms. The van der Waals surface area contributed by atoms with Crippen molar-refractivity contribution in [2.24, 2.45) is 0 Å². The molecule has 7 heteroatoms. The van der Waals surface area contributed by atoms with Gasteiger partial charge in [0.2, 0.25) is 10.0 Å². The highest BCUT2D eigenvalue weighted by Crippen LogP contribution is 2.19. The first-order chi connectivity index (χ1) is 9.30. The lowest BCUT2D eigenvalue weighted by Crippen LogP contribution is -2.38. The normalized spacial score (nSPS) is 12.1. The van der Waals surface area contributed by atoms with E-state index >= 15 is 0 Å². The number of carboxylic acids is 1. The quantitative estimate of drug-likeness (QED) is 0.788. The largest absolute Gasteiger partial charge is 0.478 e. The average Bonchev–Trinajstić information content (AvgIpc) is 2.38. The maximum atomic E-state index is 12.5. The molecule has 0 saturated carbocycles. The van der Waals surface area contributed by atoms with E-state index in [2.05, 4.69) is 0 Å². The van der Waals surface area contributed by atoms with Crippen molar-refractivity contribution in [2.75, 3.05) is 13.2 Å². The van der Waals surface area contributed by atoms with Gasteiger partial charge in [-0.15, -0.1) is 0 Å². The van der Waals surface area contributed by atoms with Crippen LogP contribution in [0.5, 0.6) is 0 Å². The van der Waals surface area contributed by atoms with E-state index in [0.29, 0.717) is 6.42 Å². The molecule has 0 unspecified atom stereocenters. The Morgan fingerprint density at radius 1 is 1.25 bits per heavy atom. The number of benzene rings is 1. The van der Waals surface area contributed by atoms with E-state index in [1.165, 1.54) is 28.6 Å². The van der Waals surface area contributed by atoms with Crippen molar-refractivity contribution in [3.8, 4) is 0 Å². The zero-order chi connectivity index (χ0) is 15.3. The third-order valence-corrected chi connectivity index (χ3v) is 4.91. The van der Waals surface area contributed by atoms with Crippen molar-refractivity contribution in [1.82, 2.24) is 4.31 Å². The third-order valence-electron chi connectivity index (χ3n) is 2.82. The molecule has 6 nitrogen and oxygen atoms in total. The number of rotatable bonds is 7. The first kappa shape index (κ1) is 16.6. The number of sulfonamides is 1. The predicted molar refractivity (Wildman–Crippen MR) is 74.1 cm³/mol. The van der Waals surface area contributed by atoms with E-state index in [1.807, 2.05) is 0 Å². The monoisotopic (exact) mass is 301 g/mol. The lowest BCUT2D eigenvalue weighted by atomic mass is 10.2. The van der Waals surface area contributed by atoms with Crippen molar-refractivity contribution < 1.29 is 23.4 Å². The first-order valence-electron chi connectivity index (χ1n) is 6.26. The maximum Gasteiger partial charge on any atom is 0.335 e. The highest BCUT2D eigenvalue weighted by atomic mass is 32.2. The minimum absolute atomic E-state index is 0.0374. The van der Waals surface area contributed by atoms with Gasteiger partial charge in [-0.25, -0.2) is 13.2 Å². The lowest BCUT2D eigenvalue weighted by Gasteiger charge is -2.25. The predicted octanol–water partition coefficient (Wildman–Crippen LogP) is 1.17. The number of carboxylic acid groups (broad SMARTS) is 1. The number of aliphatic hydroxyl groups excluding tert-OH is 1. The molecular formula is C13H19NO5S. The fourth-order valence-corrected chi connectivity index (χ4v) is 3.46. The van der Waals surface area contributed by atoms with Crippen LogP contribution in [0, 0.1) is 0 Å². The van der Waals surface area contributed by atoms with Crippen molar-refractivity contribution in [1.29, 1.82) is 0 Å². The van der Waals surface area contributed by atoms with E-state index in [0.717, 1.165) is 0 Å². The van der Waals surface area contributed by atoms with E-state index < -0.39 is 16.0 Å². The van der Waals surface area contributed by atoms with Gasteiger partial charge in [-0.3, -0.25) is 0 Å². The van der Waals surface area contributed by atoms with Gasteiger partial charge in [0.15, 0.2) is 0 Å². The number of nitrogens with zero attached hydrogens (tertiary/aromatic N) is 1. The molecule has 2 N–H and O–H groups in total. The smallest absolute Gasteiger partial charge is 0.335 e. The van der Waals surface area contributed by atoms with Crippen molar-refractivity contribution >= 4 is 16.0 Å². The van der Waals surface area contributed by atoms with E-state index in [9.17, 15) is 13.2 Å². The number of hydrogen-bond acceptors (Lipinski definition) is 4. The van der Waals surface area contributed by atoms with Crippen LogP contribution in [-0.2, 0) is 10.0 Å². The van der Waals surface area contributed by atoms with Crippen LogP contribution in [0.1, 0.15) is 30.6 Å². The SMILES string of the molecule is CC(C)N(CCCO)S(=O)(=O)c1ccc(C(=O)O)cc1. The van der Waals surface area contributed by atoms with Gasteiger partial charge < -0.3 is 10.2 Å². The van der Waals surface area contributed by atoms with Crippen LogP contribution in [0.4, 0.5) is 0 Å². The fraction of sp³-hybridized carbons (Fsp3) is 0.462. The van der Waals surface area contributed by atoms with E-state index in [4.69, 9.17) is 10.2 Å². The number of carbonyl (C=O) groups is 1. The van der Waals surface area contributed by atoms with E-state index in [-0.39, 0.29) is 29.7 Å². The molecule has 0 saturated heterocycles. The lowest BCUT2D eigenvalue weighted by molar-refractivity contribution is 0.0696. The van der Waals surface area contributed by atoms with Gasteiger partial charge in [-0.05, 0) is 44.5 Å². The maximum absolute atomic E-state index is 12.5. The molecule has 0 fully saturated rings. The summed E-state index contributed by atoms with van der Waals surface area (Å²) in [6.07, 6.45) is 0.352. The molecule has 1 aromatic carbocycles. The minimum atomic E-state index is -3.69. The molecule has 1 rings (SSSR count). The van der Waals surface area contributed by atoms with Gasteiger partial charge in [-0.2, -0.15) is 4.31 Å². The van der Waals surface area contributed by atoms with Crippen LogP contribution in [0.15, 0.2) is 29.2 Å². The molecule has 0 bridgehead atoms. The Bertz CT molecular complexity index is 551. The van der Waals surface area contributed by atoms with Gasteiger partial charge in [0.25, 0.3) is 0 Å². The molecule has 0 atom stereocenters. The summed E-state index contributed by atoms with van der Waals surface area (Å²) in [4.78, 5) is 10.8. The fourth-order valence-electron chi connectivity index (χ4n) is 1.79. The topological polar surface area (TPSA) is 94.9 Å². The minimum Gasteiger partial charge on any atom is -0.478 e. The Kier molecular flexibility index (Phi) is 5.67. The second kappa shape index (κ2) is 6.83. The summed E-state index contributed by atoms with van der Waals surface area (Å²) in [7, 11) is -3.69. The van der Waals surface area contributed by atoms with Crippen LogP contribution in [0.3, 0.4) is 0 Å². The van der Waals surface area contributed by atoms with Crippen LogP contribution in [0.25, 0.3) is 0 Å². The molecular weight excluding hydrogens is 282 g/mol. The summed E-state index contributed by atoms with van der Waals surface area (Å²) in [6, 6.07) is 4.85. The highest BCUT2D eigenvalue weighted by molar-refractivity contribution is 7.89. The van der Waals surface area contributed by atoms with Gasteiger partial charge in [0, 0.05) is 19.2 Å². The van der Waals surface area contributed by atoms with E-state index in [1.54, 1.807) is 13.8 Å². The number of hydrogen-bond donors (Lipinski definition) is 2. The Labute approximate surface area is 118 Å². The van der Waals surface area contributed by atoms with Crippen molar-refractivity contribution in [3.63, 3.8) is 0 Å². The summed E-state index contributed by atoms with van der Waals surface area (Å²) >= 11 is 0. The Morgan fingerprint density at radius 3 is 2.20 bits per heavy atom. The van der Waals surface area contributed by atoms with Crippen molar-refractivity contribution in [3.05, 3.63) is 29.8 Å². The Hall–Kier alpha value is -1.44. The molecule has 0 aliphatic rings. The first-order valence-corrected chi connectivity index (χ1v) is 7.70. The summed E-state index contributed by atoms with van der Waals surface area (Å²) in [5, 5.41) is 17.6. The summed E-state index contributed by atoms with van der Waals surface area (Å²) in [5.41, 5.74) is 0.0374. The van der Waals surface area contributed by atoms with Crippen LogP contribution >= 0.6 is 0 Å². The van der Waals surface area contributed by atoms with Gasteiger partial charge in [0.1, 0.15) is 0 Å². The standard InChI is InChI=1S/C13H19NO5S/c1-10(2)14(8-3-9-15)20(18,19)12-6-4-11(5-7-12)13(16)17/h4-7,10,15H,3,8-9H2,1-2H3,(H,16,17). The van der Waals surface area contributed by atoms with Crippen molar-refractivity contribution in [2.45, 2.75) is 31.2 Å². The molecule has 0 heterocycles. The van der Waals surface area contributed by atoms with Gasteiger partial charge >= 0.3 is 5.97 Å². The summed E-state index contributed by atoms with van der Waals surface area (Å²) < 4.78 is 26.2. The molecule has 0 amide bonds. The Morgan fingerprint density at radius 2 is 1.80 bits per heavy atom. The molecule has 0 aliphatic heterocycles. The highest BCUT2D eigenvalue weighted by Gasteiger charge is 2.26. The number of aliphatic hydroxyl groups is 1. The molecule has 0 spiro atoms. The van der Waals surface area contributed by atoms with Crippen LogP contribution in [0.2, 0.25) is 0 Å².